The van der Waals surface area contributed by atoms with Crippen molar-refractivity contribution in [2.45, 2.75) is 0 Å². The molecule has 1 heterocycles. The molecule has 1 rings (SSSR count). The molecular formula is C7H5ClN2O. The Morgan fingerprint density at radius 1 is 1.73 bits per heavy atom. The van der Waals surface area contributed by atoms with Gasteiger partial charge >= 0.3 is 0 Å². The van der Waals surface area contributed by atoms with Gasteiger partial charge in [-0.15, -0.1) is 0 Å². The van der Waals surface area contributed by atoms with E-state index in [2.05, 4.69) is 16.7 Å². The highest BCUT2D eigenvalue weighted by atomic mass is 35.5. The fourth-order valence-electron chi connectivity index (χ4n) is 0.631. The molecule has 0 fully saturated rings. The van der Waals surface area contributed by atoms with Gasteiger partial charge < -0.3 is 0 Å². The lowest BCUT2D eigenvalue weighted by molar-refractivity contribution is 0.100. The summed E-state index contributed by atoms with van der Waals surface area (Å²) >= 11 is 5.58. The smallest absolute Gasteiger partial charge is 0.267 e. The van der Waals surface area contributed by atoms with Crippen LogP contribution in [0.4, 0.5) is 0 Å². The van der Waals surface area contributed by atoms with Gasteiger partial charge in [0.15, 0.2) is 0 Å². The zero-order valence-corrected chi connectivity index (χ0v) is 6.38. The molecule has 0 aliphatic carbocycles. The Balaban J connectivity index is 3.13. The first kappa shape index (κ1) is 7.88. The Morgan fingerprint density at radius 2 is 2.45 bits per heavy atom. The number of halogens is 1. The standard InChI is InChI=1S/C7H5ClN2O/c1-9-7(11)5-3-2-4-10-6(5)8/h2-4H,1H2. The second-order valence-electron chi connectivity index (χ2n) is 1.81. The van der Waals surface area contributed by atoms with Gasteiger partial charge in [-0.05, 0) is 18.9 Å². The van der Waals surface area contributed by atoms with E-state index in [1.54, 1.807) is 12.1 Å². The number of rotatable bonds is 1. The third-order valence-corrected chi connectivity index (χ3v) is 1.43. The predicted octanol–water partition coefficient (Wildman–Crippen LogP) is 1.58. The lowest BCUT2D eigenvalue weighted by atomic mass is 10.3. The van der Waals surface area contributed by atoms with Gasteiger partial charge in [0.2, 0.25) is 0 Å². The summed E-state index contributed by atoms with van der Waals surface area (Å²) in [6.07, 6.45) is 1.50. The topological polar surface area (TPSA) is 42.3 Å². The molecule has 0 aromatic carbocycles. The second-order valence-corrected chi connectivity index (χ2v) is 2.16. The average Bonchev–Trinajstić information content (AvgIpc) is 2.04. The summed E-state index contributed by atoms with van der Waals surface area (Å²) in [5, 5.41) is 0.157. The first-order valence-electron chi connectivity index (χ1n) is 2.87. The number of aliphatic imine (C=N–C) groups is 1. The van der Waals surface area contributed by atoms with Crippen LogP contribution in [0.2, 0.25) is 5.15 Å². The highest BCUT2D eigenvalue weighted by Gasteiger charge is 2.06. The quantitative estimate of drug-likeness (QED) is 0.472. The summed E-state index contributed by atoms with van der Waals surface area (Å²) in [5.74, 6) is -0.455. The number of hydrogen-bond donors (Lipinski definition) is 0. The van der Waals surface area contributed by atoms with Crippen LogP contribution >= 0.6 is 11.6 Å². The molecule has 4 heteroatoms. The molecule has 56 valence electrons. The van der Waals surface area contributed by atoms with Gasteiger partial charge in [-0.2, -0.15) is 0 Å². The Kier molecular flexibility index (Phi) is 2.33. The summed E-state index contributed by atoms with van der Waals surface area (Å²) in [5.41, 5.74) is 0.282. The Morgan fingerprint density at radius 3 is 3.00 bits per heavy atom. The molecular weight excluding hydrogens is 164 g/mol. The van der Waals surface area contributed by atoms with Crippen LogP contribution in [0.1, 0.15) is 10.4 Å². The van der Waals surface area contributed by atoms with E-state index in [0.29, 0.717) is 0 Å². The van der Waals surface area contributed by atoms with Gasteiger partial charge in [-0.25, -0.2) is 9.98 Å². The highest BCUT2D eigenvalue weighted by Crippen LogP contribution is 2.11. The van der Waals surface area contributed by atoms with E-state index < -0.39 is 5.91 Å². The lowest BCUT2D eigenvalue weighted by Crippen LogP contribution is -1.95. The zero-order valence-electron chi connectivity index (χ0n) is 5.62. The molecule has 0 atom stereocenters. The monoisotopic (exact) mass is 168 g/mol. The summed E-state index contributed by atoms with van der Waals surface area (Å²) in [7, 11) is 0. The first-order chi connectivity index (χ1) is 5.25. The molecule has 3 nitrogen and oxygen atoms in total. The van der Waals surface area contributed by atoms with E-state index in [-0.39, 0.29) is 10.7 Å². The van der Waals surface area contributed by atoms with Crippen molar-refractivity contribution >= 4 is 24.2 Å². The number of aromatic nitrogens is 1. The molecule has 11 heavy (non-hydrogen) atoms. The maximum Gasteiger partial charge on any atom is 0.279 e. The molecule has 1 aromatic rings. The zero-order chi connectivity index (χ0) is 8.27. The van der Waals surface area contributed by atoms with Crippen LogP contribution in [0.25, 0.3) is 0 Å². The van der Waals surface area contributed by atoms with E-state index in [1.807, 2.05) is 0 Å². The van der Waals surface area contributed by atoms with Gasteiger partial charge in [0.25, 0.3) is 5.91 Å². The van der Waals surface area contributed by atoms with Crippen LogP contribution < -0.4 is 0 Å². The maximum atomic E-state index is 10.9. The average molecular weight is 169 g/mol. The van der Waals surface area contributed by atoms with Crippen molar-refractivity contribution in [2.24, 2.45) is 4.99 Å². The maximum absolute atomic E-state index is 10.9. The van der Waals surface area contributed by atoms with Crippen LogP contribution in [0.15, 0.2) is 23.3 Å². The number of amides is 1. The van der Waals surface area contributed by atoms with E-state index in [9.17, 15) is 4.79 Å². The number of nitrogens with zero attached hydrogens (tertiary/aromatic N) is 2. The van der Waals surface area contributed by atoms with Gasteiger partial charge in [-0.3, -0.25) is 4.79 Å². The Hall–Kier alpha value is -1.22. The lowest BCUT2D eigenvalue weighted by Gasteiger charge is -1.94. The number of pyridine rings is 1. The molecule has 0 bridgehead atoms. The predicted molar refractivity (Wildman–Crippen MR) is 43.1 cm³/mol. The van der Waals surface area contributed by atoms with Crippen molar-refractivity contribution in [1.82, 2.24) is 4.98 Å². The van der Waals surface area contributed by atoms with Crippen LogP contribution in [0, 0.1) is 0 Å². The Bertz CT molecular complexity index is 298. The van der Waals surface area contributed by atoms with Crippen LogP contribution in [-0.2, 0) is 0 Å². The molecule has 0 spiro atoms. The largest absolute Gasteiger partial charge is 0.279 e. The third kappa shape index (κ3) is 1.62. The van der Waals surface area contributed by atoms with Gasteiger partial charge in [0.1, 0.15) is 5.15 Å². The normalized spacial score (nSPS) is 9.18. The van der Waals surface area contributed by atoms with Gasteiger partial charge in [0.05, 0.1) is 5.56 Å². The minimum Gasteiger partial charge on any atom is -0.267 e. The van der Waals surface area contributed by atoms with E-state index >= 15 is 0 Å². The Labute approximate surface area is 68.7 Å². The van der Waals surface area contributed by atoms with E-state index in [0.717, 1.165) is 0 Å². The minimum absolute atomic E-state index is 0.157. The number of carbonyl (C=O) groups is 1. The molecule has 1 amide bonds. The molecule has 1 aromatic heterocycles. The molecule has 0 saturated heterocycles. The van der Waals surface area contributed by atoms with E-state index in [1.165, 1.54) is 6.20 Å². The van der Waals surface area contributed by atoms with Crippen molar-refractivity contribution in [3.8, 4) is 0 Å². The summed E-state index contributed by atoms with van der Waals surface area (Å²) in [6.45, 7) is 3.09. The highest BCUT2D eigenvalue weighted by molar-refractivity contribution is 6.32. The fraction of sp³-hybridized carbons (Fsp3) is 0. The molecule has 0 radical (unpaired) electrons. The molecule has 0 unspecified atom stereocenters. The minimum atomic E-state index is -0.455. The van der Waals surface area contributed by atoms with Crippen molar-refractivity contribution < 1.29 is 4.79 Å². The fourth-order valence-corrected chi connectivity index (χ4v) is 0.831. The molecule has 0 aliphatic heterocycles. The molecule has 0 aliphatic rings. The van der Waals surface area contributed by atoms with Crippen molar-refractivity contribution in [3.63, 3.8) is 0 Å². The summed E-state index contributed by atoms with van der Waals surface area (Å²) in [4.78, 5) is 17.8. The van der Waals surface area contributed by atoms with Crippen molar-refractivity contribution in [2.75, 3.05) is 0 Å². The van der Waals surface area contributed by atoms with Crippen LogP contribution in [0.5, 0.6) is 0 Å². The van der Waals surface area contributed by atoms with Crippen molar-refractivity contribution in [3.05, 3.63) is 29.0 Å². The third-order valence-electron chi connectivity index (χ3n) is 1.13. The van der Waals surface area contributed by atoms with Crippen molar-refractivity contribution in [1.29, 1.82) is 0 Å². The first-order valence-corrected chi connectivity index (χ1v) is 3.25. The number of carbonyl (C=O) groups excluding carboxylic acids is 1. The summed E-state index contributed by atoms with van der Waals surface area (Å²) < 4.78 is 0. The van der Waals surface area contributed by atoms with E-state index in [4.69, 9.17) is 11.6 Å². The second kappa shape index (κ2) is 3.25. The van der Waals surface area contributed by atoms with Crippen LogP contribution in [-0.4, -0.2) is 17.6 Å². The van der Waals surface area contributed by atoms with Crippen LogP contribution in [0.3, 0.4) is 0 Å². The molecule has 0 saturated carbocycles. The van der Waals surface area contributed by atoms with Gasteiger partial charge in [-0.1, -0.05) is 11.6 Å². The molecule has 0 N–H and O–H groups in total. The SMILES string of the molecule is C=NC(=O)c1cccnc1Cl. The summed E-state index contributed by atoms with van der Waals surface area (Å²) in [6, 6.07) is 3.16. The number of hydrogen-bond acceptors (Lipinski definition) is 2. The van der Waals surface area contributed by atoms with Gasteiger partial charge in [0, 0.05) is 6.20 Å².